The lowest BCUT2D eigenvalue weighted by atomic mass is 9.77. The van der Waals surface area contributed by atoms with Crippen molar-refractivity contribution in [2.24, 2.45) is 10.4 Å². The van der Waals surface area contributed by atoms with E-state index in [4.69, 9.17) is 0 Å². The molecule has 1 saturated heterocycles. The summed E-state index contributed by atoms with van der Waals surface area (Å²) < 4.78 is 0. The lowest BCUT2D eigenvalue weighted by Crippen LogP contribution is -2.35. The first kappa shape index (κ1) is 17.9. The number of Topliss-reactive ketones (excluding diaryl/α,β-unsaturated/α-hetero) is 1. The van der Waals surface area contributed by atoms with Crippen LogP contribution in [0.5, 0.6) is 0 Å². The highest BCUT2D eigenvalue weighted by atomic mass is 16.3. The Kier molecular flexibility index (Phi) is 5.38. The Morgan fingerprint density at radius 2 is 1.88 bits per heavy atom. The number of carbonyl (C=O) groups is 1. The number of hydrogen-bond donors (Lipinski definition) is 1. The van der Waals surface area contributed by atoms with Gasteiger partial charge >= 0.3 is 0 Å². The van der Waals surface area contributed by atoms with Crippen molar-refractivity contribution in [2.45, 2.75) is 52.1 Å². The molecule has 4 nitrogen and oxygen atoms in total. The lowest BCUT2D eigenvalue weighted by molar-refractivity contribution is -0.117. The molecular weight excluding hydrogens is 312 g/mol. The predicted octanol–water partition coefficient (Wildman–Crippen LogP) is 3.92. The van der Waals surface area contributed by atoms with Crippen LogP contribution in [0.1, 0.15) is 45.1 Å². The van der Waals surface area contributed by atoms with Gasteiger partial charge in [-0.25, -0.2) is 0 Å². The molecule has 0 amide bonds. The van der Waals surface area contributed by atoms with Crippen molar-refractivity contribution in [1.82, 2.24) is 4.90 Å². The monoisotopic (exact) mass is 340 g/mol. The maximum atomic E-state index is 12.2. The van der Waals surface area contributed by atoms with Crippen LogP contribution in [-0.2, 0) is 11.3 Å². The summed E-state index contributed by atoms with van der Waals surface area (Å²) in [6.45, 7) is 7.04. The van der Waals surface area contributed by atoms with Gasteiger partial charge in [-0.05, 0) is 23.8 Å². The number of aliphatic hydroxyl groups is 1. The van der Waals surface area contributed by atoms with Crippen LogP contribution < -0.4 is 0 Å². The summed E-state index contributed by atoms with van der Waals surface area (Å²) in [6, 6.07) is 10.8. The number of ketones is 1. The highest BCUT2D eigenvalue weighted by Crippen LogP contribution is 2.35. The Hall–Kier alpha value is -1.94. The van der Waals surface area contributed by atoms with Gasteiger partial charge in [-0.2, -0.15) is 0 Å². The number of likely N-dealkylation sites (tertiary alicyclic amines) is 1. The second kappa shape index (κ2) is 7.52. The van der Waals surface area contributed by atoms with E-state index in [1.165, 1.54) is 5.56 Å². The molecule has 134 valence electrons. The molecule has 0 bridgehead atoms. The van der Waals surface area contributed by atoms with E-state index in [9.17, 15) is 9.90 Å². The zero-order chi connectivity index (χ0) is 17.9. The van der Waals surface area contributed by atoms with Crippen molar-refractivity contribution in [3.05, 3.63) is 47.2 Å². The zero-order valence-corrected chi connectivity index (χ0v) is 15.2. The van der Waals surface area contributed by atoms with E-state index < -0.39 is 0 Å². The summed E-state index contributed by atoms with van der Waals surface area (Å²) in [5.74, 6) is 0.213. The fraction of sp³-hybridized carbons (Fsp3) is 0.524. The Morgan fingerprint density at radius 1 is 1.20 bits per heavy atom. The van der Waals surface area contributed by atoms with Crippen molar-refractivity contribution >= 4 is 12.0 Å². The number of aliphatic imine (C=N–C) groups is 1. The molecular formula is C21H28N2O2. The molecule has 0 aromatic heterocycles. The quantitative estimate of drug-likeness (QED) is 0.845. The number of nitrogens with zero attached hydrogens (tertiary/aromatic N) is 2. The largest absolute Gasteiger partial charge is 0.511 e. The molecule has 1 aromatic carbocycles. The van der Waals surface area contributed by atoms with E-state index in [1.807, 2.05) is 19.9 Å². The average molecular weight is 340 g/mol. The minimum atomic E-state index is -0.152. The first-order valence-electron chi connectivity index (χ1n) is 9.18. The summed E-state index contributed by atoms with van der Waals surface area (Å²) in [7, 11) is 0. The predicted molar refractivity (Wildman–Crippen MR) is 101 cm³/mol. The van der Waals surface area contributed by atoms with Gasteiger partial charge < -0.3 is 5.11 Å². The Labute approximate surface area is 150 Å². The molecule has 1 aliphatic carbocycles. The van der Waals surface area contributed by atoms with Crippen molar-refractivity contribution in [1.29, 1.82) is 0 Å². The van der Waals surface area contributed by atoms with Gasteiger partial charge in [0.25, 0.3) is 0 Å². The summed E-state index contributed by atoms with van der Waals surface area (Å²) in [6.07, 6.45) is 4.65. The van der Waals surface area contributed by atoms with Crippen LogP contribution in [-0.4, -0.2) is 41.1 Å². The molecule has 1 aromatic rings. The van der Waals surface area contributed by atoms with Gasteiger partial charge in [-0.3, -0.25) is 14.7 Å². The fourth-order valence-corrected chi connectivity index (χ4v) is 3.70. The van der Waals surface area contributed by atoms with Crippen LogP contribution in [0.25, 0.3) is 0 Å². The van der Waals surface area contributed by atoms with Crippen LogP contribution in [0.2, 0.25) is 0 Å². The van der Waals surface area contributed by atoms with E-state index in [0.717, 1.165) is 32.5 Å². The number of aliphatic hydroxyl groups excluding tert-OH is 1. The number of allylic oxidation sites excluding steroid dienone is 2. The summed E-state index contributed by atoms with van der Waals surface area (Å²) in [4.78, 5) is 19.3. The molecule has 0 spiro atoms. The molecule has 0 atom stereocenters. The molecule has 0 unspecified atom stereocenters. The summed E-state index contributed by atoms with van der Waals surface area (Å²) in [5.41, 5.74) is 1.61. The Balaban J connectivity index is 1.54. The van der Waals surface area contributed by atoms with Gasteiger partial charge in [0, 0.05) is 38.7 Å². The number of hydrogen-bond acceptors (Lipinski definition) is 4. The van der Waals surface area contributed by atoms with Crippen molar-refractivity contribution in [3.63, 3.8) is 0 Å². The third-order valence-electron chi connectivity index (χ3n) is 5.12. The van der Waals surface area contributed by atoms with Crippen molar-refractivity contribution in [3.8, 4) is 0 Å². The molecule has 4 heteroatoms. The van der Waals surface area contributed by atoms with Gasteiger partial charge in [0.2, 0.25) is 0 Å². The van der Waals surface area contributed by atoms with Crippen molar-refractivity contribution in [2.75, 3.05) is 13.1 Å². The molecule has 0 saturated carbocycles. The number of piperidine rings is 1. The first-order valence-corrected chi connectivity index (χ1v) is 9.18. The van der Waals surface area contributed by atoms with Gasteiger partial charge in [-0.1, -0.05) is 44.2 Å². The topological polar surface area (TPSA) is 52.9 Å². The fourth-order valence-electron chi connectivity index (χ4n) is 3.70. The van der Waals surface area contributed by atoms with E-state index in [1.54, 1.807) is 6.21 Å². The standard InChI is InChI=1S/C21H28N2O2/c1-21(2)12-19(24)18(20(25)13-21)14-22-17-8-10-23(11-9-17)15-16-6-4-3-5-7-16/h3-7,14,17,24H,8-13,15H2,1-2H3. The molecule has 1 aliphatic heterocycles. The van der Waals surface area contributed by atoms with E-state index >= 15 is 0 Å². The Morgan fingerprint density at radius 3 is 2.52 bits per heavy atom. The molecule has 2 aliphatic rings. The summed E-state index contributed by atoms with van der Waals surface area (Å²) in [5, 5.41) is 10.2. The molecule has 0 radical (unpaired) electrons. The van der Waals surface area contributed by atoms with Gasteiger partial charge in [0.1, 0.15) is 5.76 Å². The third kappa shape index (κ3) is 4.79. The molecule has 3 rings (SSSR count). The minimum Gasteiger partial charge on any atom is -0.511 e. The van der Waals surface area contributed by atoms with Crippen LogP contribution in [0.4, 0.5) is 0 Å². The first-order chi connectivity index (χ1) is 11.9. The average Bonchev–Trinajstić information content (AvgIpc) is 2.55. The molecule has 25 heavy (non-hydrogen) atoms. The van der Waals surface area contributed by atoms with E-state index in [2.05, 4.69) is 34.2 Å². The van der Waals surface area contributed by atoms with Crippen LogP contribution in [0, 0.1) is 5.41 Å². The van der Waals surface area contributed by atoms with Gasteiger partial charge in [0.05, 0.1) is 11.6 Å². The van der Waals surface area contributed by atoms with Gasteiger partial charge in [0.15, 0.2) is 5.78 Å². The van der Waals surface area contributed by atoms with Crippen LogP contribution in [0.3, 0.4) is 0 Å². The smallest absolute Gasteiger partial charge is 0.168 e. The van der Waals surface area contributed by atoms with Crippen LogP contribution in [0.15, 0.2) is 46.7 Å². The molecule has 1 fully saturated rings. The second-order valence-electron chi connectivity index (χ2n) is 8.07. The normalized spacial score (nSPS) is 22.7. The number of carbonyl (C=O) groups excluding carboxylic acids is 1. The lowest BCUT2D eigenvalue weighted by Gasteiger charge is -2.31. The molecule has 1 heterocycles. The SMILES string of the molecule is CC1(C)CC(=O)C(C=NC2CCN(Cc3ccccc3)CC2)=C(O)C1. The third-order valence-corrected chi connectivity index (χ3v) is 5.12. The van der Waals surface area contributed by atoms with Gasteiger partial charge in [-0.15, -0.1) is 0 Å². The highest BCUT2D eigenvalue weighted by Gasteiger charge is 2.32. The number of benzene rings is 1. The van der Waals surface area contributed by atoms with E-state index in [-0.39, 0.29) is 23.0 Å². The maximum absolute atomic E-state index is 12.2. The second-order valence-corrected chi connectivity index (χ2v) is 8.07. The van der Waals surface area contributed by atoms with Crippen molar-refractivity contribution < 1.29 is 9.90 Å². The highest BCUT2D eigenvalue weighted by molar-refractivity contribution is 6.14. The molecule has 1 N–H and O–H groups in total. The Bertz CT molecular complexity index is 668. The minimum absolute atomic E-state index is 0.0130. The number of rotatable bonds is 4. The zero-order valence-electron chi connectivity index (χ0n) is 15.2. The summed E-state index contributed by atoms with van der Waals surface area (Å²) >= 11 is 0. The maximum Gasteiger partial charge on any atom is 0.168 e. The van der Waals surface area contributed by atoms with Crippen LogP contribution >= 0.6 is 0 Å². The van der Waals surface area contributed by atoms with E-state index in [0.29, 0.717) is 18.4 Å².